The van der Waals surface area contributed by atoms with E-state index in [0.29, 0.717) is 11.5 Å². The van der Waals surface area contributed by atoms with Gasteiger partial charge in [-0.1, -0.05) is 11.8 Å². The molecule has 2 saturated heterocycles. The lowest BCUT2D eigenvalue weighted by molar-refractivity contribution is 0.170. The fourth-order valence-electron chi connectivity index (χ4n) is 6.86. The van der Waals surface area contributed by atoms with E-state index in [2.05, 4.69) is 25.6 Å². The lowest BCUT2D eigenvalue weighted by Crippen LogP contribution is -2.45. The van der Waals surface area contributed by atoms with Gasteiger partial charge in [0.1, 0.15) is 17.5 Å². The SMILES string of the molecule is N[C@@H]1c2ccnn2CC12CCN(c1cnc(Sc3ccnc4c3OC[C@@H]3CC5(CC5)CN43)cn1)CC2. The minimum atomic E-state index is 0.0613. The van der Waals surface area contributed by atoms with Gasteiger partial charge in [-0.05, 0) is 49.7 Å². The van der Waals surface area contributed by atoms with E-state index in [9.17, 15) is 0 Å². The van der Waals surface area contributed by atoms with Crippen LogP contribution in [0.15, 0.2) is 46.8 Å². The van der Waals surface area contributed by atoms with Gasteiger partial charge in [0.2, 0.25) is 0 Å². The first-order valence-electron chi connectivity index (χ1n) is 13.0. The van der Waals surface area contributed by atoms with Crippen molar-refractivity contribution in [2.45, 2.75) is 60.7 Å². The zero-order valence-corrected chi connectivity index (χ0v) is 21.0. The van der Waals surface area contributed by atoms with Crippen LogP contribution in [0.5, 0.6) is 5.75 Å². The molecule has 2 N–H and O–H groups in total. The van der Waals surface area contributed by atoms with E-state index in [1.54, 1.807) is 11.8 Å². The first kappa shape index (κ1) is 21.3. The van der Waals surface area contributed by atoms with E-state index in [1.165, 1.54) is 25.0 Å². The summed E-state index contributed by atoms with van der Waals surface area (Å²) in [6.07, 6.45) is 13.6. The molecular weight excluding hydrogens is 472 g/mol. The molecule has 1 saturated carbocycles. The molecule has 0 radical (unpaired) electrons. The van der Waals surface area contributed by atoms with Gasteiger partial charge in [0, 0.05) is 44.0 Å². The van der Waals surface area contributed by atoms with Crippen molar-refractivity contribution in [3.8, 4) is 5.75 Å². The minimum Gasteiger partial charge on any atom is -0.486 e. The molecule has 3 aromatic heterocycles. The third-order valence-electron chi connectivity index (χ3n) is 9.22. The molecule has 36 heavy (non-hydrogen) atoms. The topological polar surface area (TPSA) is 98.2 Å². The average Bonchev–Trinajstić information content (AvgIpc) is 3.21. The number of piperidine rings is 1. The highest BCUT2D eigenvalue weighted by atomic mass is 32.2. The van der Waals surface area contributed by atoms with E-state index < -0.39 is 0 Å². The molecule has 9 nitrogen and oxygen atoms in total. The molecule has 3 aromatic rings. The second-order valence-electron chi connectivity index (χ2n) is 11.3. The minimum absolute atomic E-state index is 0.0613. The summed E-state index contributed by atoms with van der Waals surface area (Å²) >= 11 is 1.61. The molecule has 186 valence electrons. The Kier molecular flexibility index (Phi) is 4.48. The second-order valence-corrected chi connectivity index (χ2v) is 12.4. The smallest absolute Gasteiger partial charge is 0.175 e. The van der Waals surface area contributed by atoms with Crippen LogP contribution in [-0.2, 0) is 6.54 Å². The largest absolute Gasteiger partial charge is 0.486 e. The quantitative estimate of drug-likeness (QED) is 0.579. The Hall–Kier alpha value is -2.85. The molecule has 2 spiro atoms. The summed E-state index contributed by atoms with van der Waals surface area (Å²) in [6, 6.07) is 4.62. The number of anilines is 2. The number of aromatic nitrogens is 5. The Labute approximate surface area is 214 Å². The van der Waals surface area contributed by atoms with Crippen molar-refractivity contribution in [1.29, 1.82) is 0 Å². The molecule has 7 heterocycles. The van der Waals surface area contributed by atoms with Crippen LogP contribution in [0.1, 0.15) is 43.8 Å². The summed E-state index contributed by atoms with van der Waals surface area (Å²) < 4.78 is 8.34. The normalized spacial score (nSPS) is 26.6. The van der Waals surface area contributed by atoms with Crippen molar-refractivity contribution in [2.24, 2.45) is 16.6 Å². The summed E-state index contributed by atoms with van der Waals surface area (Å²) in [5, 5.41) is 5.32. The maximum absolute atomic E-state index is 6.64. The summed E-state index contributed by atoms with van der Waals surface area (Å²) in [7, 11) is 0. The predicted octanol–water partition coefficient (Wildman–Crippen LogP) is 3.27. The van der Waals surface area contributed by atoms with Crippen LogP contribution in [0.3, 0.4) is 0 Å². The molecule has 1 aliphatic carbocycles. The van der Waals surface area contributed by atoms with E-state index in [-0.39, 0.29) is 11.5 Å². The Balaban J connectivity index is 0.958. The van der Waals surface area contributed by atoms with Crippen LogP contribution in [0, 0.1) is 10.8 Å². The summed E-state index contributed by atoms with van der Waals surface area (Å²) in [6.45, 7) is 4.66. The Morgan fingerprint density at radius 1 is 1.00 bits per heavy atom. The van der Waals surface area contributed by atoms with Crippen molar-refractivity contribution in [2.75, 3.05) is 36.0 Å². The number of rotatable bonds is 3. The first-order chi connectivity index (χ1) is 17.6. The summed E-state index contributed by atoms with van der Waals surface area (Å²) in [5.74, 6) is 2.83. The van der Waals surface area contributed by atoms with Crippen LogP contribution >= 0.6 is 11.8 Å². The number of nitrogens with zero attached hydrogens (tertiary/aromatic N) is 7. The lowest BCUT2D eigenvalue weighted by Gasteiger charge is -2.41. The van der Waals surface area contributed by atoms with Crippen molar-refractivity contribution >= 4 is 23.4 Å². The molecular formula is C26H30N8OS. The van der Waals surface area contributed by atoms with E-state index in [4.69, 9.17) is 25.4 Å². The maximum Gasteiger partial charge on any atom is 0.175 e. The van der Waals surface area contributed by atoms with Crippen LogP contribution < -0.4 is 20.3 Å². The van der Waals surface area contributed by atoms with Crippen molar-refractivity contribution < 1.29 is 4.74 Å². The number of ether oxygens (including phenoxy) is 1. The van der Waals surface area contributed by atoms with E-state index in [0.717, 1.165) is 72.9 Å². The van der Waals surface area contributed by atoms with Crippen LogP contribution in [0.25, 0.3) is 0 Å². The fraction of sp³-hybridized carbons (Fsp3) is 0.538. The fourth-order valence-corrected chi connectivity index (χ4v) is 7.67. The third kappa shape index (κ3) is 3.19. The van der Waals surface area contributed by atoms with Crippen molar-refractivity contribution in [1.82, 2.24) is 24.7 Å². The molecule has 3 fully saturated rings. The van der Waals surface area contributed by atoms with Crippen LogP contribution in [0.4, 0.5) is 11.6 Å². The van der Waals surface area contributed by atoms with Gasteiger partial charge < -0.3 is 20.3 Å². The van der Waals surface area contributed by atoms with E-state index >= 15 is 0 Å². The number of hydrogen-bond acceptors (Lipinski definition) is 9. The van der Waals surface area contributed by atoms with Gasteiger partial charge in [-0.2, -0.15) is 5.10 Å². The van der Waals surface area contributed by atoms with Gasteiger partial charge in [0.15, 0.2) is 11.6 Å². The molecule has 10 heteroatoms. The number of fused-ring (bicyclic) bond motifs is 4. The van der Waals surface area contributed by atoms with Gasteiger partial charge in [-0.3, -0.25) is 4.68 Å². The summed E-state index contributed by atoms with van der Waals surface area (Å²) in [4.78, 5) is 20.1. The zero-order valence-electron chi connectivity index (χ0n) is 20.2. The number of hydrogen-bond donors (Lipinski definition) is 1. The Morgan fingerprint density at radius 3 is 2.67 bits per heavy atom. The van der Waals surface area contributed by atoms with Crippen LogP contribution in [0.2, 0.25) is 0 Å². The monoisotopic (exact) mass is 502 g/mol. The maximum atomic E-state index is 6.64. The molecule has 0 unspecified atom stereocenters. The molecule has 0 bridgehead atoms. The lowest BCUT2D eigenvalue weighted by atomic mass is 9.73. The van der Waals surface area contributed by atoms with Gasteiger partial charge in [-0.25, -0.2) is 15.0 Å². The highest BCUT2D eigenvalue weighted by molar-refractivity contribution is 7.99. The third-order valence-corrected chi connectivity index (χ3v) is 10.2. The standard InChI is InChI=1S/C26H30N8OS/c27-23-18-1-8-31-34(18)16-26(23)5-9-32(10-6-26)20-12-30-21(13-29-20)36-19-2-7-28-24-22(19)35-14-17-11-25(3-4-25)15-33(17)24/h1-2,7-8,12-13,17,23H,3-6,9-11,14-16,27H2/t17-,23+/m0/s1. The highest BCUT2D eigenvalue weighted by Gasteiger charge is 2.54. The Bertz CT molecular complexity index is 1310. The van der Waals surface area contributed by atoms with Gasteiger partial charge in [-0.15, -0.1) is 0 Å². The van der Waals surface area contributed by atoms with Gasteiger partial charge in [0.25, 0.3) is 0 Å². The molecule has 4 aliphatic heterocycles. The molecule has 5 aliphatic rings. The predicted molar refractivity (Wildman–Crippen MR) is 136 cm³/mol. The highest BCUT2D eigenvalue weighted by Crippen LogP contribution is 2.57. The molecule has 8 rings (SSSR count). The van der Waals surface area contributed by atoms with Crippen LogP contribution in [-0.4, -0.2) is 57.0 Å². The van der Waals surface area contributed by atoms with E-state index in [1.807, 2.05) is 30.9 Å². The molecule has 0 aromatic carbocycles. The van der Waals surface area contributed by atoms with Crippen molar-refractivity contribution in [3.05, 3.63) is 42.6 Å². The average molecular weight is 503 g/mol. The van der Waals surface area contributed by atoms with Gasteiger partial charge in [0.05, 0.1) is 35.1 Å². The Morgan fingerprint density at radius 2 is 1.89 bits per heavy atom. The summed E-state index contributed by atoms with van der Waals surface area (Å²) in [5.41, 5.74) is 8.45. The molecule has 2 atom stereocenters. The zero-order chi connectivity index (χ0) is 23.9. The second kappa shape index (κ2) is 7.58. The first-order valence-corrected chi connectivity index (χ1v) is 13.8. The number of pyridine rings is 1. The van der Waals surface area contributed by atoms with Gasteiger partial charge >= 0.3 is 0 Å². The number of nitrogens with two attached hydrogens (primary N) is 1. The van der Waals surface area contributed by atoms with Crippen molar-refractivity contribution in [3.63, 3.8) is 0 Å². The molecule has 0 amide bonds.